The van der Waals surface area contributed by atoms with Crippen LogP contribution in [-0.2, 0) is 4.43 Å². The highest BCUT2D eigenvalue weighted by Crippen LogP contribution is 1.47. The zero-order valence-electron chi connectivity index (χ0n) is 3.41. The third kappa shape index (κ3) is 14.6. The molecule has 2 N–H and O–H groups in total. The molecule has 2 radical (unpaired) electrons. The van der Waals surface area contributed by atoms with Gasteiger partial charge in [0.25, 0.3) is 0 Å². The van der Waals surface area contributed by atoms with Crippen LogP contribution in [0.15, 0.2) is 0 Å². The van der Waals surface area contributed by atoms with Gasteiger partial charge in [0.2, 0.25) is 9.76 Å². The van der Waals surface area contributed by atoms with Gasteiger partial charge in [0, 0.05) is 7.11 Å². The van der Waals surface area contributed by atoms with Gasteiger partial charge in [-0.15, -0.1) is 0 Å². The van der Waals surface area contributed by atoms with Crippen LogP contribution in [0.2, 0.25) is 6.55 Å². The van der Waals surface area contributed by atoms with Crippen molar-refractivity contribution in [3.8, 4) is 0 Å². The summed E-state index contributed by atoms with van der Waals surface area (Å²) in [6.45, 7) is 1.99. The van der Waals surface area contributed by atoms with Crippen LogP contribution in [-0.4, -0.2) is 22.3 Å². The lowest BCUT2D eigenvalue weighted by Gasteiger charge is -1.73. The van der Waals surface area contributed by atoms with Gasteiger partial charge in [-0.1, -0.05) is 0 Å². The van der Waals surface area contributed by atoms with Crippen molar-refractivity contribution in [2.24, 2.45) is 0 Å². The maximum absolute atomic E-state index is 4.57. The minimum Gasteiger partial charge on any atom is -0.421 e. The maximum atomic E-state index is 4.57. The van der Waals surface area contributed by atoms with E-state index in [1.165, 1.54) is 0 Å². The van der Waals surface area contributed by atoms with Gasteiger partial charge in [-0.25, -0.2) is 0 Å². The summed E-state index contributed by atoms with van der Waals surface area (Å²) in [5, 5.41) is 0. The van der Waals surface area contributed by atoms with E-state index >= 15 is 0 Å². The van der Waals surface area contributed by atoms with Crippen molar-refractivity contribution >= 4 is 9.76 Å². The van der Waals surface area contributed by atoms with Crippen molar-refractivity contribution in [1.29, 1.82) is 0 Å². The molecule has 0 aromatic heterocycles. The average molecular weight is 92.2 g/mol. The van der Waals surface area contributed by atoms with Crippen molar-refractivity contribution in [2.45, 2.75) is 6.55 Å². The summed E-state index contributed by atoms with van der Waals surface area (Å²) >= 11 is 0. The van der Waals surface area contributed by atoms with E-state index < -0.39 is 0 Å². The van der Waals surface area contributed by atoms with Crippen molar-refractivity contribution in [2.75, 3.05) is 7.11 Å². The smallest absolute Gasteiger partial charge is 0.225 e. The van der Waals surface area contributed by atoms with Crippen molar-refractivity contribution < 1.29 is 9.90 Å². The Morgan fingerprint density at radius 2 is 1.80 bits per heavy atom. The van der Waals surface area contributed by atoms with E-state index in [-0.39, 0.29) is 5.48 Å². The molecule has 0 rings (SSSR count). The summed E-state index contributed by atoms with van der Waals surface area (Å²) in [6.07, 6.45) is 0. The lowest BCUT2D eigenvalue weighted by atomic mass is 11.8. The lowest BCUT2D eigenvalue weighted by molar-refractivity contribution is 0.446. The van der Waals surface area contributed by atoms with Crippen molar-refractivity contribution in [3.63, 3.8) is 0 Å². The van der Waals surface area contributed by atoms with Crippen LogP contribution in [0, 0.1) is 0 Å². The van der Waals surface area contributed by atoms with E-state index in [0.29, 0.717) is 9.76 Å². The van der Waals surface area contributed by atoms with Gasteiger partial charge in [-0.05, 0) is 6.55 Å². The number of hydrogen-bond acceptors (Lipinski definition) is 1. The predicted octanol–water partition coefficient (Wildman–Crippen LogP) is -0.525. The fourth-order valence-corrected chi connectivity index (χ4v) is 0. The van der Waals surface area contributed by atoms with E-state index in [1.54, 1.807) is 7.11 Å². The fraction of sp³-hybridized carbons (Fsp3) is 1.00. The molecule has 32 valence electrons. The molecule has 0 unspecified atom stereocenters. The third-order valence-corrected chi connectivity index (χ3v) is 0.612. The molecular formula is C2H8O2Si. The number of rotatable bonds is 1. The Bertz CT molecular complexity index is 9.61. The third-order valence-electron chi connectivity index (χ3n) is 0.204. The molecule has 0 aromatic rings. The van der Waals surface area contributed by atoms with Crippen LogP contribution in [0.1, 0.15) is 0 Å². The monoisotopic (exact) mass is 92.0 g/mol. The minimum atomic E-state index is 0. The topological polar surface area (TPSA) is 40.7 Å². The molecule has 0 amide bonds. The van der Waals surface area contributed by atoms with Crippen LogP contribution in [0.5, 0.6) is 0 Å². The second-order valence-corrected chi connectivity index (χ2v) is 1.22. The van der Waals surface area contributed by atoms with Gasteiger partial charge in [-0.2, -0.15) is 0 Å². The highest BCUT2D eigenvalue weighted by molar-refractivity contribution is 6.24. The van der Waals surface area contributed by atoms with E-state index in [9.17, 15) is 0 Å². The van der Waals surface area contributed by atoms with Crippen molar-refractivity contribution in [1.82, 2.24) is 0 Å². The molecule has 0 saturated heterocycles. The molecule has 3 heteroatoms. The van der Waals surface area contributed by atoms with Crippen LogP contribution < -0.4 is 0 Å². The van der Waals surface area contributed by atoms with E-state index in [0.717, 1.165) is 0 Å². The predicted molar refractivity (Wildman–Crippen MR) is 22.2 cm³/mol. The van der Waals surface area contributed by atoms with Gasteiger partial charge in [0.1, 0.15) is 0 Å². The lowest BCUT2D eigenvalue weighted by Crippen LogP contribution is -1.79. The average Bonchev–Trinajstić information content (AvgIpc) is 1.37. The Morgan fingerprint density at radius 3 is 1.80 bits per heavy atom. The molecule has 2 nitrogen and oxygen atoms in total. The maximum Gasteiger partial charge on any atom is 0.225 e. The first-order valence-electron chi connectivity index (χ1n) is 1.11. The van der Waals surface area contributed by atoms with E-state index in [4.69, 9.17) is 0 Å². The van der Waals surface area contributed by atoms with Crippen LogP contribution in [0.3, 0.4) is 0 Å². The van der Waals surface area contributed by atoms with Crippen molar-refractivity contribution in [3.05, 3.63) is 0 Å². The summed E-state index contributed by atoms with van der Waals surface area (Å²) in [5.74, 6) is 0. The van der Waals surface area contributed by atoms with Crippen LogP contribution in [0.25, 0.3) is 0 Å². The molecule has 0 spiro atoms. The molecule has 0 aliphatic heterocycles. The Labute approximate surface area is 34.4 Å². The molecule has 5 heavy (non-hydrogen) atoms. The first-order valence-corrected chi connectivity index (χ1v) is 2.52. The van der Waals surface area contributed by atoms with Gasteiger partial charge in [-0.3, -0.25) is 0 Å². The normalized spacial score (nSPS) is 6.00. The molecule has 0 atom stereocenters. The molecule has 0 aromatic carbocycles. The second-order valence-electron chi connectivity index (χ2n) is 0.408. The van der Waals surface area contributed by atoms with Gasteiger partial charge in [0.15, 0.2) is 0 Å². The van der Waals surface area contributed by atoms with Gasteiger partial charge < -0.3 is 9.90 Å². The standard InChI is InChI=1S/C2H6OSi.H2O/c1-3-4-2;/h1-2H3;1H2. The highest BCUT2D eigenvalue weighted by atomic mass is 28.2. The molecule has 0 aliphatic rings. The minimum absolute atomic E-state index is 0. The summed E-state index contributed by atoms with van der Waals surface area (Å²) < 4.78 is 4.57. The summed E-state index contributed by atoms with van der Waals surface area (Å²) in [7, 11) is 2.33. The highest BCUT2D eigenvalue weighted by Gasteiger charge is 1.58. The Hall–Kier alpha value is 0.137. The Morgan fingerprint density at radius 1 is 1.60 bits per heavy atom. The van der Waals surface area contributed by atoms with Gasteiger partial charge in [0.05, 0.1) is 0 Å². The number of hydrogen-bond donors (Lipinski definition) is 0. The summed E-state index contributed by atoms with van der Waals surface area (Å²) in [5.41, 5.74) is 0. The first-order chi connectivity index (χ1) is 1.91. The summed E-state index contributed by atoms with van der Waals surface area (Å²) in [6, 6.07) is 0. The molecule has 0 heterocycles. The summed E-state index contributed by atoms with van der Waals surface area (Å²) in [4.78, 5) is 0. The Balaban J connectivity index is 0. The molecule has 0 aliphatic carbocycles. The largest absolute Gasteiger partial charge is 0.421 e. The molecule has 0 bridgehead atoms. The molecular weight excluding hydrogens is 84.1 g/mol. The Kier molecular flexibility index (Phi) is 15.9. The quantitative estimate of drug-likeness (QED) is 0.401. The first kappa shape index (κ1) is 8.93. The van der Waals surface area contributed by atoms with Crippen LogP contribution >= 0.6 is 0 Å². The SMILES string of the molecule is CO[Si]C.O. The van der Waals surface area contributed by atoms with E-state index in [1.807, 2.05) is 6.55 Å². The molecule has 0 saturated carbocycles. The second kappa shape index (κ2) is 8.91. The van der Waals surface area contributed by atoms with Gasteiger partial charge >= 0.3 is 0 Å². The zero-order valence-corrected chi connectivity index (χ0v) is 4.41. The van der Waals surface area contributed by atoms with E-state index in [2.05, 4.69) is 4.43 Å². The molecule has 0 fully saturated rings. The fourth-order valence-electron chi connectivity index (χ4n) is 0. The van der Waals surface area contributed by atoms with Crippen LogP contribution in [0.4, 0.5) is 0 Å². The zero-order chi connectivity index (χ0) is 3.41.